The first-order valence-electron chi connectivity index (χ1n) is 6.17. The Kier molecular flexibility index (Phi) is 5.22. The Hall–Kier alpha value is -1.14. The molecule has 0 saturated heterocycles. The van der Waals surface area contributed by atoms with E-state index in [1.165, 1.54) is 23.9 Å². The van der Waals surface area contributed by atoms with E-state index in [1.54, 1.807) is 13.1 Å². The highest BCUT2D eigenvalue weighted by Crippen LogP contribution is 2.39. The van der Waals surface area contributed by atoms with Crippen LogP contribution in [0.15, 0.2) is 51.8 Å². The van der Waals surface area contributed by atoms with Crippen LogP contribution < -0.4 is 5.32 Å². The highest BCUT2D eigenvalue weighted by molar-refractivity contribution is 9.10. The first-order chi connectivity index (χ1) is 9.93. The summed E-state index contributed by atoms with van der Waals surface area (Å²) in [5.41, 5.74) is 0.599. The van der Waals surface area contributed by atoms with Crippen LogP contribution in [0.5, 0.6) is 0 Å². The fraction of sp³-hybridized carbons (Fsp3) is 0.200. The molecule has 0 spiro atoms. The Labute approximate surface area is 134 Å². The van der Waals surface area contributed by atoms with Gasteiger partial charge in [0.05, 0.1) is 5.56 Å². The lowest BCUT2D eigenvalue weighted by molar-refractivity contribution is -0.138. The Balaban J connectivity index is 2.26. The molecule has 112 valence electrons. The lowest BCUT2D eigenvalue weighted by Crippen LogP contribution is -2.08. The summed E-state index contributed by atoms with van der Waals surface area (Å²) in [6.45, 7) is 0. The van der Waals surface area contributed by atoms with E-state index in [4.69, 9.17) is 0 Å². The van der Waals surface area contributed by atoms with Crippen LogP contribution in [0.4, 0.5) is 18.9 Å². The molecule has 0 aromatic heterocycles. The average Bonchev–Trinajstić information content (AvgIpc) is 2.45. The quantitative estimate of drug-likeness (QED) is 0.677. The maximum absolute atomic E-state index is 13.0. The van der Waals surface area contributed by atoms with E-state index in [0.29, 0.717) is 0 Å². The summed E-state index contributed by atoms with van der Waals surface area (Å²) in [5.74, 6) is 0.257. The largest absolute Gasteiger partial charge is 0.416 e. The molecule has 0 aliphatic heterocycles. The lowest BCUT2D eigenvalue weighted by atomic mass is 10.1. The molecule has 0 fully saturated rings. The van der Waals surface area contributed by atoms with Crippen LogP contribution in [0.25, 0.3) is 0 Å². The van der Waals surface area contributed by atoms with Crippen LogP contribution in [0.3, 0.4) is 0 Å². The third-order valence-electron chi connectivity index (χ3n) is 2.93. The second kappa shape index (κ2) is 6.75. The van der Waals surface area contributed by atoms with Gasteiger partial charge in [-0.1, -0.05) is 24.3 Å². The topological polar surface area (TPSA) is 12.0 Å². The maximum Gasteiger partial charge on any atom is 0.416 e. The Morgan fingerprint density at radius 2 is 1.81 bits per heavy atom. The fourth-order valence-electron chi connectivity index (χ4n) is 1.93. The van der Waals surface area contributed by atoms with Crippen LogP contribution >= 0.6 is 27.7 Å². The molecular weight excluding hydrogens is 363 g/mol. The van der Waals surface area contributed by atoms with Gasteiger partial charge in [-0.2, -0.15) is 13.2 Å². The molecule has 0 aliphatic rings. The second-order valence-corrected chi connectivity index (χ2v) is 6.15. The number of anilines is 1. The summed E-state index contributed by atoms with van der Waals surface area (Å²) in [5, 5.41) is 3.04. The molecule has 0 aliphatic carbocycles. The molecule has 21 heavy (non-hydrogen) atoms. The minimum atomic E-state index is -4.32. The van der Waals surface area contributed by atoms with Gasteiger partial charge in [-0.25, -0.2) is 0 Å². The van der Waals surface area contributed by atoms with Crippen molar-refractivity contribution in [2.75, 3.05) is 12.4 Å². The SMILES string of the molecule is CNc1cccc(Br)c1SCc1ccccc1C(F)(F)F. The van der Waals surface area contributed by atoms with Crippen molar-refractivity contribution < 1.29 is 13.2 Å². The smallest absolute Gasteiger partial charge is 0.387 e. The molecule has 2 rings (SSSR count). The number of hydrogen-bond acceptors (Lipinski definition) is 2. The van der Waals surface area contributed by atoms with Gasteiger partial charge < -0.3 is 5.32 Å². The summed E-state index contributed by atoms with van der Waals surface area (Å²) >= 11 is 4.81. The number of alkyl halides is 3. The van der Waals surface area contributed by atoms with Crippen molar-refractivity contribution in [3.8, 4) is 0 Å². The highest BCUT2D eigenvalue weighted by Gasteiger charge is 2.32. The van der Waals surface area contributed by atoms with E-state index in [0.717, 1.165) is 21.1 Å². The van der Waals surface area contributed by atoms with Crippen molar-refractivity contribution in [3.63, 3.8) is 0 Å². The third-order valence-corrected chi connectivity index (χ3v) is 5.04. The molecule has 0 bridgehead atoms. The number of rotatable bonds is 4. The standard InChI is InChI=1S/C15H13BrF3NS/c1-20-13-8-4-7-12(16)14(13)21-9-10-5-2-3-6-11(10)15(17,18)19/h2-8,20H,9H2,1H3. The van der Waals surface area contributed by atoms with E-state index in [9.17, 15) is 13.2 Å². The van der Waals surface area contributed by atoms with Gasteiger partial charge in [-0.15, -0.1) is 11.8 Å². The molecular formula is C15H13BrF3NS. The Morgan fingerprint density at radius 3 is 2.48 bits per heavy atom. The molecule has 0 amide bonds. The van der Waals surface area contributed by atoms with Crippen molar-refractivity contribution in [2.24, 2.45) is 0 Å². The molecule has 1 nitrogen and oxygen atoms in total. The van der Waals surface area contributed by atoms with Gasteiger partial charge in [-0.3, -0.25) is 0 Å². The molecule has 0 unspecified atom stereocenters. The van der Waals surface area contributed by atoms with Gasteiger partial charge in [0.15, 0.2) is 0 Å². The van der Waals surface area contributed by atoms with Gasteiger partial charge in [0, 0.05) is 27.9 Å². The number of benzene rings is 2. The number of thioether (sulfide) groups is 1. The van der Waals surface area contributed by atoms with Crippen LogP contribution in [0.2, 0.25) is 0 Å². The second-order valence-electron chi connectivity index (χ2n) is 4.31. The molecule has 0 saturated carbocycles. The van der Waals surface area contributed by atoms with Crippen LogP contribution in [0, 0.1) is 0 Å². The van der Waals surface area contributed by atoms with Gasteiger partial charge >= 0.3 is 6.18 Å². The van der Waals surface area contributed by atoms with E-state index >= 15 is 0 Å². The predicted octanol–water partition coefficient (Wildman–Crippen LogP) is 5.80. The van der Waals surface area contributed by atoms with E-state index in [2.05, 4.69) is 21.2 Å². The van der Waals surface area contributed by atoms with Gasteiger partial charge in [0.25, 0.3) is 0 Å². The van der Waals surface area contributed by atoms with Crippen molar-refractivity contribution in [2.45, 2.75) is 16.8 Å². The molecule has 2 aromatic carbocycles. The molecule has 0 heterocycles. The molecule has 0 radical (unpaired) electrons. The van der Waals surface area contributed by atoms with E-state index < -0.39 is 11.7 Å². The summed E-state index contributed by atoms with van der Waals surface area (Å²) < 4.78 is 39.8. The summed E-state index contributed by atoms with van der Waals surface area (Å²) in [7, 11) is 1.79. The van der Waals surface area contributed by atoms with Crippen molar-refractivity contribution in [3.05, 3.63) is 58.1 Å². The van der Waals surface area contributed by atoms with Crippen LogP contribution in [-0.2, 0) is 11.9 Å². The summed E-state index contributed by atoms with van der Waals surface area (Å²) in [6, 6.07) is 11.3. The zero-order chi connectivity index (χ0) is 15.5. The molecule has 0 atom stereocenters. The number of hydrogen-bond donors (Lipinski definition) is 1. The Morgan fingerprint density at radius 1 is 1.10 bits per heavy atom. The van der Waals surface area contributed by atoms with Gasteiger partial charge in [0.1, 0.15) is 0 Å². The molecule has 2 aromatic rings. The number of nitrogens with one attached hydrogen (secondary N) is 1. The lowest BCUT2D eigenvalue weighted by Gasteiger charge is -2.14. The zero-order valence-electron chi connectivity index (χ0n) is 11.2. The van der Waals surface area contributed by atoms with Crippen molar-refractivity contribution in [1.82, 2.24) is 0 Å². The monoisotopic (exact) mass is 375 g/mol. The fourth-order valence-corrected chi connectivity index (χ4v) is 3.72. The van der Waals surface area contributed by atoms with Crippen molar-refractivity contribution >= 4 is 33.4 Å². The van der Waals surface area contributed by atoms with Crippen LogP contribution in [0.1, 0.15) is 11.1 Å². The minimum Gasteiger partial charge on any atom is -0.387 e. The number of halogens is 4. The Bertz CT molecular complexity index is 629. The van der Waals surface area contributed by atoms with E-state index in [1.807, 2.05) is 18.2 Å². The first kappa shape index (κ1) is 16.2. The zero-order valence-corrected chi connectivity index (χ0v) is 13.6. The normalized spacial score (nSPS) is 11.5. The van der Waals surface area contributed by atoms with Gasteiger partial charge in [-0.05, 0) is 39.7 Å². The molecule has 6 heteroatoms. The van der Waals surface area contributed by atoms with Crippen LogP contribution in [-0.4, -0.2) is 7.05 Å². The summed E-state index contributed by atoms with van der Waals surface area (Å²) in [4.78, 5) is 0.900. The third kappa shape index (κ3) is 3.95. The first-order valence-corrected chi connectivity index (χ1v) is 7.95. The maximum atomic E-state index is 13.0. The molecule has 1 N–H and O–H groups in total. The van der Waals surface area contributed by atoms with Crippen molar-refractivity contribution in [1.29, 1.82) is 0 Å². The predicted molar refractivity (Wildman–Crippen MR) is 84.7 cm³/mol. The highest BCUT2D eigenvalue weighted by atomic mass is 79.9. The average molecular weight is 376 g/mol. The summed E-state index contributed by atoms with van der Waals surface area (Å²) in [6.07, 6.45) is -4.32. The minimum absolute atomic E-state index is 0.257. The van der Waals surface area contributed by atoms with Gasteiger partial charge in [0.2, 0.25) is 0 Å². The van der Waals surface area contributed by atoms with E-state index in [-0.39, 0.29) is 11.3 Å².